The summed E-state index contributed by atoms with van der Waals surface area (Å²) in [6, 6.07) is 2.09. The zero-order valence-corrected chi connectivity index (χ0v) is 8.19. The van der Waals surface area contributed by atoms with Crippen molar-refractivity contribution in [2.45, 2.75) is 41.0 Å². The molecule has 0 aliphatic rings. The van der Waals surface area contributed by atoms with E-state index in [-0.39, 0.29) is 0 Å². The number of hydrogen-bond acceptors (Lipinski definition) is 1. The molecular weight excluding hydrogens is 136 g/mol. The van der Waals surface area contributed by atoms with Gasteiger partial charge in [0.2, 0.25) is 0 Å². The van der Waals surface area contributed by atoms with Gasteiger partial charge in [0.15, 0.2) is 0 Å². The predicted molar refractivity (Wildman–Crippen MR) is 48.9 cm³/mol. The van der Waals surface area contributed by atoms with Gasteiger partial charge in [-0.2, -0.15) is 0 Å². The second kappa shape index (κ2) is 5.00. The Hall–Kier alpha value is -0.720. The molecule has 1 rings (SSSR count). The summed E-state index contributed by atoms with van der Waals surface area (Å²) < 4.78 is 5.36. The van der Waals surface area contributed by atoms with Crippen LogP contribution in [0.5, 0.6) is 0 Å². The first kappa shape index (κ1) is 10.3. The van der Waals surface area contributed by atoms with Gasteiger partial charge in [0, 0.05) is 6.42 Å². The average Bonchev–Trinajstić information content (AvgIpc) is 2.36. The summed E-state index contributed by atoms with van der Waals surface area (Å²) in [7, 11) is 0. The van der Waals surface area contributed by atoms with Crippen LogP contribution in [-0.4, -0.2) is 0 Å². The molecule has 1 heterocycles. The van der Waals surface area contributed by atoms with Crippen molar-refractivity contribution < 1.29 is 4.42 Å². The molecule has 0 aromatic carbocycles. The van der Waals surface area contributed by atoms with Crippen molar-refractivity contribution in [1.29, 1.82) is 0 Å². The fraction of sp³-hybridized carbons (Fsp3) is 0.600. The second-order valence-corrected chi connectivity index (χ2v) is 2.31. The number of furan rings is 1. The quantitative estimate of drug-likeness (QED) is 0.603. The Morgan fingerprint density at radius 3 is 2.00 bits per heavy atom. The number of aryl methyl sites for hydroxylation is 3. The minimum Gasteiger partial charge on any atom is -0.466 e. The predicted octanol–water partition coefficient (Wildman–Crippen LogP) is 3.49. The van der Waals surface area contributed by atoms with Crippen LogP contribution in [0.3, 0.4) is 0 Å². The molecule has 64 valence electrons. The van der Waals surface area contributed by atoms with E-state index in [1.54, 1.807) is 0 Å². The van der Waals surface area contributed by atoms with Gasteiger partial charge in [0.25, 0.3) is 0 Å². The lowest BCUT2D eigenvalue weighted by molar-refractivity contribution is 0.487. The first-order valence-electron chi connectivity index (χ1n) is 4.30. The third-order valence-corrected chi connectivity index (χ3v) is 1.57. The van der Waals surface area contributed by atoms with E-state index in [1.807, 2.05) is 20.8 Å². The summed E-state index contributed by atoms with van der Waals surface area (Å²) in [6.45, 7) is 10.2. The van der Waals surface area contributed by atoms with E-state index in [4.69, 9.17) is 4.42 Å². The van der Waals surface area contributed by atoms with E-state index in [9.17, 15) is 0 Å². The summed E-state index contributed by atoms with van der Waals surface area (Å²) in [6.07, 6.45) is 0.995. The van der Waals surface area contributed by atoms with Crippen LogP contribution in [0.25, 0.3) is 0 Å². The highest BCUT2D eigenvalue weighted by Crippen LogP contribution is 2.12. The molecule has 11 heavy (non-hydrogen) atoms. The number of hydrogen-bond donors (Lipinski definition) is 0. The molecule has 0 saturated carbocycles. The highest BCUT2D eigenvalue weighted by atomic mass is 16.3. The molecule has 0 fully saturated rings. The lowest BCUT2D eigenvalue weighted by atomic mass is 10.2. The van der Waals surface area contributed by atoms with E-state index < -0.39 is 0 Å². The Morgan fingerprint density at radius 2 is 1.82 bits per heavy atom. The van der Waals surface area contributed by atoms with Crippen LogP contribution in [0.1, 0.15) is 37.9 Å². The van der Waals surface area contributed by atoms with Crippen molar-refractivity contribution in [1.82, 2.24) is 0 Å². The van der Waals surface area contributed by atoms with Crippen LogP contribution >= 0.6 is 0 Å². The Labute approximate surface area is 69.4 Å². The highest BCUT2D eigenvalue weighted by molar-refractivity contribution is 5.18. The molecule has 0 unspecified atom stereocenters. The van der Waals surface area contributed by atoms with Crippen molar-refractivity contribution in [3.63, 3.8) is 0 Å². The van der Waals surface area contributed by atoms with Gasteiger partial charge in [0.05, 0.1) is 0 Å². The normalized spacial score (nSPS) is 8.82. The van der Waals surface area contributed by atoms with Gasteiger partial charge >= 0.3 is 0 Å². The van der Waals surface area contributed by atoms with Crippen molar-refractivity contribution in [2.75, 3.05) is 0 Å². The van der Waals surface area contributed by atoms with E-state index >= 15 is 0 Å². The molecular formula is C10H18O. The molecule has 1 nitrogen and oxygen atoms in total. The van der Waals surface area contributed by atoms with Gasteiger partial charge in [-0.15, -0.1) is 0 Å². The van der Waals surface area contributed by atoms with Crippen LogP contribution in [0.15, 0.2) is 10.5 Å². The van der Waals surface area contributed by atoms with Crippen molar-refractivity contribution in [3.05, 3.63) is 23.2 Å². The van der Waals surface area contributed by atoms with E-state index in [0.29, 0.717) is 0 Å². The average molecular weight is 154 g/mol. The van der Waals surface area contributed by atoms with Crippen LogP contribution in [-0.2, 0) is 6.42 Å². The second-order valence-electron chi connectivity index (χ2n) is 2.31. The topological polar surface area (TPSA) is 13.1 Å². The molecule has 0 radical (unpaired) electrons. The maximum atomic E-state index is 5.36. The Kier molecular flexibility index (Phi) is 4.67. The summed E-state index contributed by atoms with van der Waals surface area (Å²) in [5.41, 5.74) is 1.26. The largest absolute Gasteiger partial charge is 0.466 e. The summed E-state index contributed by atoms with van der Waals surface area (Å²) in [5.74, 6) is 2.14. The zero-order valence-electron chi connectivity index (χ0n) is 8.19. The van der Waals surface area contributed by atoms with E-state index in [1.165, 1.54) is 5.56 Å². The van der Waals surface area contributed by atoms with Crippen LogP contribution in [0.2, 0.25) is 0 Å². The first-order chi connectivity index (χ1) is 5.24. The Morgan fingerprint density at radius 1 is 1.27 bits per heavy atom. The molecule has 0 aliphatic carbocycles. The Bertz CT molecular complexity index is 179. The maximum absolute atomic E-state index is 5.36. The third-order valence-electron chi connectivity index (χ3n) is 1.57. The fourth-order valence-electron chi connectivity index (χ4n) is 0.824. The summed E-state index contributed by atoms with van der Waals surface area (Å²) in [4.78, 5) is 0. The lowest BCUT2D eigenvalue weighted by Crippen LogP contribution is -1.68. The van der Waals surface area contributed by atoms with Gasteiger partial charge < -0.3 is 4.42 Å². The molecule has 0 aliphatic heterocycles. The van der Waals surface area contributed by atoms with Gasteiger partial charge in [-0.25, -0.2) is 0 Å². The van der Waals surface area contributed by atoms with Crippen LogP contribution in [0, 0.1) is 13.8 Å². The lowest BCUT2D eigenvalue weighted by Gasteiger charge is -1.83. The minimum atomic E-state index is 0.995. The van der Waals surface area contributed by atoms with Crippen LogP contribution < -0.4 is 0 Å². The molecule has 0 amide bonds. The van der Waals surface area contributed by atoms with E-state index in [0.717, 1.165) is 17.9 Å². The molecule has 0 saturated heterocycles. The van der Waals surface area contributed by atoms with Gasteiger partial charge in [-0.05, 0) is 25.5 Å². The molecule has 0 bridgehead atoms. The van der Waals surface area contributed by atoms with Gasteiger partial charge in [-0.1, -0.05) is 20.8 Å². The zero-order chi connectivity index (χ0) is 8.85. The molecule has 0 N–H and O–H groups in total. The summed E-state index contributed by atoms with van der Waals surface area (Å²) in [5, 5.41) is 0. The van der Waals surface area contributed by atoms with Crippen molar-refractivity contribution in [3.8, 4) is 0 Å². The molecule has 0 atom stereocenters. The molecule has 1 aromatic heterocycles. The number of rotatable bonds is 1. The molecule has 1 aromatic rings. The highest BCUT2D eigenvalue weighted by Gasteiger charge is 1.98. The molecule has 1 heteroatoms. The summed E-state index contributed by atoms with van der Waals surface area (Å²) >= 11 is 0. The molecule has 0 spiro atoms. The minimum absolute atomic E-state index is 0.995. The first-order valence-corrected chi connectivity index (χ1v) is 4.30. The van der Waals surface area contributed by atoms with Crippen molar-refractivity contribution >= 4 is 0 Å². The van der Waals surface area contributed by atoms with Gasteiger partial charge in [0.1, 0.15) is 11.5 Å². The van der Waals surface area contributed by atoms with E-state index in [2.05, 4.69) is 19.9 Å². The Balaban J connectivity index is 0.000000461. The monoisotopic (exact) mass is 154 g/mol. The third kappa shape index (κ3) is 2.79. The smallest absolute Gasteiger partial charge is 0.104 e. The fourth-order valence-corrected chi connectivity index (χ4v) is 0.824. The SMILES string of the molecule is CC.CCc1cc(C)c(C)o1. The van der Waals surface area contributed by atoms with Crippen molar-refractivity contribution in [2.24, 2.45) is 0 Å². The maximum Gasteiger partial charge on any atom is 0.104 e. The van der Waals surface area contributed by atoms with Gasteiger partial charge in [-0.3, -0.25) is 0 Å². The standard InChI is InChI=1S/C8H12O.C2H6/c1-4-8-5-6(2)7(3)9-8;1-2/h5H,4H2,1-3H3;1-2H3. The van der Waals surface area contributed by atoms with Crippen LogP contribution in [0.4, 0.5) is 0 Å².